The molecule has 19 heavy (non-hydrogen) atoms. The van der Waals surface area contributed by atoms with E-state index < -0.39 is 5.97 Å². The quantitative estimate of drug-likeness (QED) is 0.470. The maximum Gasteiger partial charge on any atom is 0.354 e. The largest absolute Gasteiger partial charge is 0.477 e. The fourth-order valence-electron chi connectivity index (χ4n) is 1.12. The van der Waals surface area contributed by atoms with Gasteiger partial charge in [0.1, 0.15) is 23.9 Å². The number of nitrogens with one attached hydrogen (secondary N) is 1. The highest BCUT2D eigenvalue weighted by molar-refractivity contribution is 5.86. The fraction of sp³-hybridized carbons (Fsp3) is 0.0833. The summed E-state index contributed by atoms with van der Waals surface area (Å²) >= 11 is 0. The number of hydrogen-bond donors (Lipinski definition) is 2. The molecule has 2 N–H and O–H groups in total. The van der Waals surface area contributed by atoms with Crippen molar-refractivity contribution < 1.29 is 9.90 Å². The van der Waals surface area contributed by atoms with Gasteiger partial charge in [-0.05, 0) is 25.8 Å². The number of aromatic nitrogens is 2. The van der Waals surface area contributed by atoms with Gasteiger partial charge in [0, 0.05) is 11.8 Å². The zero-order valence-corrected chi connectivity index (χ0v) is 10.2. The van der Waals surface area contributed by atoms with E-state index in [-0.39, 0.29) is 11.4 Å². The highest BCUT2D eigenvalue weighted by Crippen LogP contribution is 2.07. The van der Waals surface area contributed by atoms with Crippen molar-refractivity contribution in [1.82, 2.24) is 9.97 Å². The SMILES string of the molecule is C=N/C(C#N)=C\C=C(/C)Nc1cc(C(=O)O)ncn1. The Labute approximate surface area is 109 Å². The topological polar surface area (TPSA) is 111 Å². The van der Waals surface area contributed by atoms with Crippen LogP contribution in [0.2, 0.25) is 0 Å². The van der Waals surface area contributed by atoms with Crippen molar-refractivity contribution in [2.24, 2.45) is 4.99 Å². The van der Waals surface area contributed by atoms with Gasteiger partial charge in [0.2, 0.25) is 0 Å². The van der Waals surface area contributed by atoms with E-state index in [2.05, 4.69) is 27.0 Å². The lowest BCUT2D eigenvalue weighted by Crippen LogP contribution is -2.04. The highest BCUT2D eigenvalue weighted by atomic mass is 16.4. The average molecular weight is 257 g/mol. The Balaban J connectivity index is 2.85. The molecule has 0 bridgehead atoms. The van der Waals surface area contributed by atoms with Crippen molar-refractivity contribution in [3.63, 3.8) is 0 Å². The number of aromatic carboxylic acids is 1. The summed E-state index contributed by atoms with van der Waals surface area (Å²) in [5.74, 6) is -0.783. The molecule has 1 aromatic rings. The predicted molar refractivity (Wildman–Crippen MR) is 69.6 cm³/mol. The fourth-order valence-corrected chi connectivity index (χ4v) is 1.12. The summed E-state index contributed by atoms with van der Waals surface area (Å²) in [5.41, 5.74) is 0.729. The number of rotatable bonds is 5. The minimum atomic E-state index is -1.13. The summed E-state index contributed by atoms with van der Waals surface area (Å²) in [5, 5.41) is 20.3. The number of carbonyl (C=O) groups is 1. The van der Waals surface area contributed by atoms with Gasteiger partial charge in [0.25, 0.3) is 0 Å². The van der Waals surface area contributed by atoms with Gasteiger partial charge in [0.05, 0.1) is 0 Å². The first-order valence-electron chi connectivity index (χ1n) is 5.14. The molecule has 96 valence electrons. The molecule has 0 spiro atoms. The minimum absolute atomic E-state index is 0.105. The molecule has 1 heterocycles. The van der Waals surface area contributed by atoms with E-state index in [0.29, 0.717) is 11.5 Å². The lowest BCUT2D eigenvalue weighted by molar-refractivity contribution is 0.0690. The van der Waals surface area contributed by atoms with Crippen LogP contribution in [0.1, 0.15) is 17.4 Å². The Morgan fingerprint density at radius 3 is 2.89 bits per heavy atom. The third kappa shape index (κ3) is 4.40. The van der Waals surface area contributed by atoms with E-state index in [1.807, 2.05) is 6.07 Å². The molecule has 0 atom stereocenters. The second-order valence-corrected chi connectivity index (χ2v) is 3.39. The first-order valence-corrected chi connectivity index (χ1v) is 5.14. The Kier molecular flexibility index (Phi) is 4.93. The van der Waals surface area contributed by atoms with Gasteiger partial charge in [-0.3, -0.25) is 4.99 Å². The van der Waals surface area contributed by atoms with Gasteiger partial charge < -0.3 is 10.4 Å². The summed E-state index contributed by atoms with van der Waals surface area (Å²) in [4.78, 5) is 21.7. The second kappa shape index (κ2) is 6.66. The number of nitrogens with zero attached hydrogens (tertiary/aromatic N) is 4. The van der Waals surface area contributed by atoms with E-state index in [9.17, 15) is 4.79 Å². The van der Waals surface area contributed by atoms with Crippen LogP contribution in [0.5, 0.6) is 0 Å². The summed E-state index contributed by atoms with van der Waals surface area (Å²) in [7, 11) is 0. The van der Waals surface area contributed by atoms with E-state index in [1.54, 1.807) is 13.0 Å². The number of allylic oxidation sites excluding steroid dienone is 4. The van der Waals surface area contributed by atoms with E-state index in [0.717, 1.165) is 6.33 Å². The van der Waals surface area contributed by atoms with E-state index in [4.69, 9.17) is 10.4 Å². The van der Waals surface area contributed by atoms with Crippen molar-refractivity contribution in [3.8, 4) is 6.07 Å². The number of hydrogen-bond acceptors (Lipinski definition) is 6. The number of aliphatic imine (C=N–C) groups is 1. The summed E-state index contributed by atoms with van der Waals surface area (Å²) < 4.78 is 0. The van der Waals surface area contributed by atoms with Gasteiger partial charge in [-0.2, -0.15) is 5.26 Å². The van der Waals surface area contributed by atoms with Crippen molar-refractivity contribution in [3.05, 3.63) is 41.6 Å². The third-order valence-corrected chi connectivity index (χ3v) is 1.99. The van der Waals surface area contributed by atoms with Crippen molar-refractivity contribution in [2.45, 2.75) is 6.92 Å². The molecule has 0 amide bonds. The van der Waals surface area contributed by atoms with Gasteiger partial charge in [-0.15, -0.1) is 0 Å². The molecule has 0 fully saturated rings. The second-order valence-electron chi connectivity index (χ2n) is 3.39. The van der Waals surface area contributed by atoms with Gasteiger partial charge in [-0.25, -0.2) is 14.8 Å². The summed E-state index contributed by atoms with van der Waals surface area (Å²) in [6, 6.07) is 3.16. The monoisotopic (exact) mass is 257 g/mol. The predicted octanol–water partition coefficient (Wildman–Crippen LogP) is 1.60. The molecule has 0 unspecified atom stereocenters. The first kappa shape index (κ1) is 14.1. The Hall–Kier alpha value is -3.01. The van der Waals surface area contributed by atoms with E-state index in [1.165, 1.54) is 12.1 Å². The molecule has 0 aliphatic rings. The molecule has 7 heteroatoms. The molecule has 0 aliphatic heterocycles. The van der Waals surface area contributed by atoms with Gasteiger partial charge >= 0.3 is 5.97 Å². The van der Waals surface area contributed by atoms with Crippen molar-refractivity contribution in [2.75, 3.05) is 5.32 Å². The number of anilines is 1. The number of carboxylic acids is 1. The minimum Gasteiger partial charge on any atom is -0.477 e. The van der Waals surface area contributed by atoms with Crippen LogP contribution in [0, 0.1) is 11.3 Å². The number of nitriles is 1. The molecule has 0 aromatic carbocycles. The van der Waals surface area contributed by atoms with Crippen LogP contribution in [0.15, 0.2) is 40.9 Å². The van der Waals surface area contributed by atoms with Crippen LogP contribution in [0.4, 0.5) is 5.82 Å². The van der Waals surface area contributed by atoms with Crippen LogP contribution < -0.4 is 5.32 Å². The average Bonchev–Trinajstić information content (AvgIpc) is 2.40. The zero-order chi connectivity index (χ0) is 14.3. The molecule has 0 saturated heterocycles. The van der Waals surface area contributed by atoms with Gasteiger partial charge in [0.15, 0.2) is 5.69 Å². The lowest BCUT2D eigenvalue weighted by Gasteiger charge is -2.04. The van der Waals surface area contributed by atoms with Crippen molar-refractivity contribution in [1.29, 1.82) is 5.26 Å². The molecule has 7 nitrogen and oxygen atoms in total. The molecule has 0 aliphatic carbocycles. The van der Waals surface area contributed by atoms with Crippen LogP contribution >= 0.6 is 0 Å². The first-order chi connectivity index (χ1) is 9.06. The van der Waals surface area contributed by atoms with E-state index >= 15 is 0 Å². The highest BCUT2D eigenvalue weighted by Gasteiger charge is 2.05. The Bertz CT molecular complexity index is 598. The third-order valence-electron chi connectivity index (χ3n) is 1.99. The maximum absolute atomic E-state index is 10.7. The Morgan fingerprint density at radius 2 is 2.32 bits per heavy atom. The molecule has 1 aromatic heterocycles. The van der Waals surface area contributed by atoms with Crippen LogP contribution in [-0.4, -0.2) is 27.8 Å². The maximum atomic E-state index is 10.7. The summed E-state index contributed by atoms with van der Waals surface area (Å²) in [6.07, 6.45) is 4.24. The smallest absolute Gasteiger partial charge is 0.354 e. The van der Waals surface area contributed by atoms with Gasteiger partial charge in [-0.1, -0.05) is 0 Å². The Morgan fingerprint density at radius 1 is 1.58 bits per heavy atom. The van der Waals surface area contributed by atoms with Crippen LogP contribution in [-0.2, 0) is 0 Å². The molecular formula is C12H11N5O2. The molecule has 1 rings (SSSR count). The normalized spacial score (nSPS) is 11.6. The van der Waals surface area contributed by atoms with Crippen LogP contribution in [0.25, 0.3) is 0 Å². The van der Waals surface area contributed by atoms with Crippen molar-refractivity contribution >= 4 is 18.5 Å². The van der Waals surface area contributed by atoms with Crippen LogP contribution in [0.3, 0.4) is 0 Å². The zero-order valence-electron chi connectivity index (χ0n) is 10.2. The standard InChI is InChI=1S/C12H11N5O2/c1-8(3-4-9(6-13)14-2)17-11-5-10(12(18)19)15-7-16-11/h3-5,7H,2H2,1H3,(H,18,19)(H,15,16,17)/b8-3+,9-4-. The lowest BCUT2D eigenvalue weighted by atomic mass is 10.3. The number of carboxylic acid groups (broad SMARTS) is 1. The summed E-state index contributed by atoms with van der Waals surface area (Å²) in [6.45, 7) is 4.98. The molecule has 0 radical (unpaired) electrons. The molecule has 0 saturated carbocycles. The molecular weight excluding hydrogens is 246 g/mol.